The quantitative estimate of drug-likeness (QED) is 0.872. The maximum atomic E-state index is 13.2. The lowest BCUT2D eigenvalue weighted by Crippen LogP contribution is -2.10. The van der Waals surface area contributed by atoms with E-state index in [4.69, 9.17) is 4.74 Å². The van der Waals surface area contributed by atoms with Crippen molar-refractivity contribution in [1.82, 2.24) is 4.98 Å². The third-order valence-electron chi connectivity index (χ3n) is 2.46. The smallest absolute Gasteiger partial charge is 0.342 e. The van der Waals surface area contributed by atoms with Crippen molar-refractivity contribution in [2.45, 2.75) is 6.92 Å². The average Bonchev–Trinajstić information content (AvgIpc) is 2.43. The predicted molar refractivity (Wildman–Crippen MR) is 69.8 cm³/mol. The molecule has 1 N–H and O–H groups in total. The molecule has 0 bridgehead atoms. The summed E-state index contributed by atoms with van der Waals surface area (Å²) in [5.74, 6) is -1.55. The zero-order chi connectivity index (χ0) is 14.5. The summed E-state index contributed by atoms with van der Waals surface area (Å²) in [5.41, 5.74) is 0.507. The van der Waals surface area contributed by atoms with Crippen LogP contribution in [0.25, 0.3) is 0 Å². The molecular weight excluding hydrogens is 266 g/mol. The van der Waals surface area contributed by atoms with Gasteiger partial charge in [-0.2, -0.15) is 0 Å². The van der Waals surface area contributed by atoms with Crippen LogP contribution < -0.4 is 5.32 Å². The number of carbonyl (C=O) groups excluding carboxylic acids is 1. The van der Waals surface area contributed by atoms with Crippen LogP contribution in [0.5, 0.6) is 0 Å². The van der Waals surface area contributed by atoms with E-state index < -0.39 is 11.8 Å². The third kappa shape index (κ3) is 3.28. The Morgan fingerprint density at radius 1 is 1.25 bits per heavy atom. The summed E-state index contributed by atoms with van der Waals surface area (Å²) in [4.78, 5) is 15.6. The molecule has 20 heavy (non-hydrogen) atoms. The lowest BCUT2D eigenvalue weighted by Gasteiger charge is -2.10. The number of hydrogen-bond acceptors (Lipinski definition) is 4. The Kier molecular flexibility index (Phi) is 4.24. The number of ether oxygens (including phenoxy) is 1. The molecule has 2 rings (SSSR count). The molecule has 4 nitrogen and oxygen atoms in total. The predicted octanol–water partition coefficient (Wildman–Crippen LogP) is 3.28. The standard InChI is InChI=1S/C14H12F2N2O2/c1-2-20-14(19)12-7-10(16)8-17-13(12)18-11-5-3-9(15)4-6-11/h3-8H,2H2,1H3,(H,17,18). The highest BCUT2D eigenvalue weighted by atomic mass is 19.1. The van der Waals surface area contributed by atoms with Gasteiger partial charge in [0.1, 0.15) is 23.0 Å². The summed E-state index contributed by atoms with van der Waals surface area (Å²) in [6, 6.07) is 6.52. The third-order valence-corrected chi connectivity index (χ3v) is 2.46. The van der Waals surface area contributed by atoms with Gasteiger partial charge < -0.3 is 10.1 Å². The lowest BCUT2D eigenvalue weighted by atomic mass is 10.2. The summed E-state index contributed by atoms with van der Waals surface area (Å²) in [5, 5.41) is 2.82. The molecule has 1 aromatic heterocycles. The number of anilines is 2. The van der Waals surface area contributed by atoms with Gasteiger partial charge >= 0.3 is 5.97 Å². The Morgan fingerprint density at radius 2 is 1.95 bits per heavy atom. The molecule has 0 amide bonds. The van der Waals surface area contributed by atoms with E-state index in [0.717, 1.165) is 12.3 Å². The van der Waals surface area contributed by atoms with Crippen LogP contribution >= 0.6 is 0 Å². The normalized spacial score (nSPS) is 10.2. The van der Waals surface area contributed by atoms with Gasteiger partial charge in [0.15, 0.2) is 0 Å². The fraction of sp³-hybridized carbons (Fsp3) is 0.143. The van der Waals surface area contributed by atoms with E-state index in [1.54, 1.807) is 6.92 Å². The number of halogens is 2. The molecule has 0 aliphatic rings. The summed E-state index contributed by atoms with van der Waals surface area (Å²) in [6.45, 7) is 1.82. The molecule has 0 spiro atoms. The first-order valence-electron chi connectivity index (χ1n) is 5.95. The SMILES string of the molecule is CCOC(=O)c1cc(F)cnc1Nc1ccc(F)cc1. The van der Waals surface area contributed by atoms with Gasteiger partial charge in [-0.3, -0.25) is 0 Å². The maximum Gasteiger partial charge on any atom is 0.342 e. The number of pyridine rings is 1. The fourth-order valence-corrected chi connectivity index (χ4v) is 1.57. The highest BCUT2D eigenvalue weighted by Gasteiger charge is 2.15. The number of esters is 1. The molecule has 6 heteroatoms. The van der Waals surface area contributed by atoms with Gasteiger partial charge in [-0.1, -0.05) is 0 Å². The van der Waals surface area contributed by atoms with Crippen molar-refractivity contribution < 1.29 is 18.3 Å². The molecule has 2 aromatic rings. The number of benzene rings is 1. The topological polar surface area (TPSA) is 51.2 Å². The highest BCUT2D eigenvalue weighted by Crippen LogP contribution is 2.20. The number of hydrogen-bond donors (Lipinski definition) is 1. The minimum atomic E-state index is -0.677. The second-order valence-electron chi connectivity index (χ2n) is 3.90. The van der Waals surface area contributed by atoms with E-state index in [0.29, 0.717) is 5.69 Å². The van der Waals surface area contributed by atoms with Crippen LogP contribution in [0.2, 0.25) is 0 Å². The number of nitrogens with one attached hydrogen (secondary N) is 1. The molecule has 0 unspecified atom stereocenters. The Bertz CT molecular complexity index is 615. The van der Waals surface area contributed by atoms with Crippen LogP contribution in [-0.2, 0) is 4.74 Å². The second-order valence-corrected chi connectivity index (χ2v) is 3.90. The summed E-state index contributed by atoms with van der Waals surface area (Å²) < 4.78 is 30.8. The van der Waals surface area contributed by atoms with Crippen LogP contribution in [-0.4, -0.2) is 17.6 Å². The summed E-state index contributed by atoms with van der Waals surface area (Å²) >= 11 is 0. The van der Waals surface area contributed by atoms with Gasteiger partial charge in [0.05, 0.1) is 12.8 Å². The van der Waals surface area contributed by atoms with Crippen molar-refractivity contribution in [3.8, 4) is 0 Å². The van der Waals surface area contributed by atoms with E-state index in [1.165, 1.54) is 24.3 Å². The lowest BCUT2D eigenvalue weighted by molar-refractivity contribution is 0.0526. The van der Waals surface area contributed by atoms with E-state index >= 15 is 0 Å². The van der Waals surface area contributed by atoms with Crippen LogP contribution in [0.3, 0.4) is 0 Å². The molecule has 0 fully saturated rings. The Balaban J connectivity index is 2.31. The molecule has 0 saturated heterocycles. The first kappa shape index (κ1) is 13.9. The minimum absolute atomic E-state index is 0.0174. The molecule has 0 aliphatic carbocycles. The van der Waals surface area contributed by atoms with E-state index in [2.05, 4.69) is 10.3 Å². The van der Waals surface area contributed by atoms with Crippen LogP contribution in [0.4, 0.5) is 20.3 Å². The Hall–Kier alpha value is -2.50. The van der Waals surface area contributed by atoms with Gasteiger partial charge in [0.25, 0.3) is 0 Å². The zero-order valence-electron chi connectivity index (χ0n) is 10.7. The van der Waals surface area contributed by atoms with Crippen molar-refractivity contribution in [2.24, 2.45) is 0 Å². The van der Waals surface area contributed by atoms with Crippen molar-refractivity contribution in [2.75, 3.05) is 11.9 Å². The van der Waals surface area contributed by atoms with Crippen molar-refractivity contribution in [3.63, 3.8) is 0 Å². The van der Waals surface area contributed by atoms with Crippen molar-refractivity contribution in [3.05, 3.63) is 53.7 Å². The maximum absolute atomic E-state index is 13.2. The molecule has 1 aromatic carbocycles. The van der Waals surface area contributed by atoms with Crippen molar-refractivity contribution >= 4 is 17.5 Å². The largest absolute Gasteiger partial charge is 0.462 e. The monoisotopic (exact) mass is 278 g/mol. The van der Waals surface area contributed by atoms with Crippen LogP contribution in [0, 0.1) is 11.6 Å². The number of rotatable bonds is 4. The summed E-state index contributed by atoms with van der Waals surface area (Å²) in [6.07, 6.45) is 0.981. The second kappa shape index (κ2) is 6.10. The molecule has 1 heterocycles. The minimum Gasteiger partial charge on any atom is -0.462 e. The summed E-state index contributed by atoms with van der Waals surface area (Å²) in [7, 11) is 0. The molecule has 0 saturated carbocycles. The first-order valence-corrected chi connectivity index (χ1v) is 5.95. The van der Waals surface area contributed by atoms with E-state index in [1.807, 2.05) is 0 Å². The Morgan fingerprint density at radius 3 is 2.60 bits per heavy atom. The van der Waals surface area contributed by atoms with Gasteiger partial charge in [-0.15, -0.1) is 0 Å². The van der Waals surface area contributed by atoms with Crippen molar-refractivity contribution in [1.29, 1.82) is 0 Å². The van der Waals surface area contributed by atoms with Crippen LogP contribution in [0.15, 0.2) is 36.5 Å². The van der Waals surface area contributed by atoms with Gasteiger partial charge in [0.2, 0.25) is 0 Å². The molecule has 0 aliphatic heterocycles. The fourth-order valence-electron chi connectivity index (χ4n) is 1.57. The van der Waals surface area contributed by atoms with Gasteiger partial charge in [-0.25, -0.2) is 18.6 Å². The molecule has 104 valence electrons. The van der Waals surface area contributed by atoms with E-state index in [9.17, 15) is 13.6 Å². The van der Waals surface area contributed by atoms with E-state index in [-0.39, 0.29) is 23.8 Å². The molecule has 0 radical (unpaired) electrons. The number of aromatic nitrogens is 1. The molecular formula is C14H12F2N2O2. The zero-order valence-corrected chi connectivity index (χ0v) is 10.7. The first-order chi connectivity index (χ1) is 9.60. The molecule has 0 atom stereocenters. The van der Waals surface area contributed by atoms with Gasteiger partial charge in [-0.05, 0) is 37.3 Å². The van der Waals surface area contributed by atoms with Crippen LogP contribution in [0.1, 0.15) is 17.3 Å². The van der Waals surface area contributed by atoms with Gasteiger partial charge in [0, 0.05) is 5.69 Å². The number of nitrogens with zero attached hydrogens (tertiary/aromatic N) is 1. The highest BCUT2D eigenvalue weighted by molar-refractivity contribution is 5.95. The average molecular weight is 278 g/mol. The Labute approximate surface area is 114 Å². The number of carbonyl (C=O) groups is 1.